The molecule has 0 aliphatic heterocycles. The van der Waals surface area contributed by atoms with E-state index >= 15 is 0 Å². The summed E-state index contributed by atoms with van der Waals surface area (Å²) in [7, 11) is 0. The quantitative estimate of drug-likeness (QED) is 0.568. The highest BCUT2D eigenvalue weighted by atomic mass is 15.4. The molecule has 24 heavy (non-hydrogen) atoms. The van der Waals surface area contributed by atoms with Crippen molar-refractivity contribution in [2.24, 2.45) is 0 Å². The third kappa shape index (κ3) is 2.96. The molecule has 0 amide bonds. The van der Waals surface area contributed by atoms with Crippen LogP contribution in [-0.4, -0.2) is 24.5 Å². The second kappa shape index (κ2) is 6.50. The molecule has 118 valence electrons. The summed E-state index contributed by atoms with van der Waals surface area (Å²) in [5.74, 6) is 0. The zero-order valence-electron chi connectivity index (χ0n) is 13.1. The first-order valence-electron chi connectivity index (χ1n) is 7.86. The summed E-state index contributed by atoms with van der Waals surface area (Å²) in [4.78, 5) is 4.06. The Morgan fingerprint density at radius 1 is 0.875 bits per heavy atom. The van der Waals surface area contributed by atoms with E-state index in [-0.39, 0.29) is 6.04 Å². The van der Waals surface area contributed by atoms with Crippen molar-refractivity contribution in [1.29, 1.82) is 0 Å². The van der Waals surface area contributed by atoms with Crippen molar-refractivity contribution in [2.45, 2.75) is 12.6 Å². The van der Waals surface area contributed by atoms with Crippen LogP contribution in [0, 0.1) is 0 Å². The molecule has 0 N–H and O–H groups in total. The van der Waals surface area contributed by atoms with Crippen molar-refractivity contribution in [3.05, 3.63) is 102 Å². The van der Waals surface area contributed by atoms with E-state index in [9.17, 15) is 0 Å². The molecule has 0 unspecified atom stereocenters. The van der Waals surface area contributed by atoms with Crippen LogP contribution in [0.3, 0.4) is 0 Å². The molecule has 0 fully saturated rings. The van der Waals surface area contributed by atoms with Crippen molar-refractivity contribution >= 4 is 0 Å². The Bertz CT molecular complexity index is 842. The highest BCUT2D eigenvalue weighted by Crippen LogP contribution is 2.25. The van der Waals surface area contributed by atoms with E-state index in [4.69, 9.17) is 0 Å². The van der Waals surface area contributed by atoms with Crippen molar-refractivity contribution < 1.29 is 0 Å². The maximum atomic E-state index is 4.38. The normalized spacial score (nSPS) is 11.0. The van der Waals surface area contributed by atoms with Gasteiger partial charge in [-0.2, -0.15) is 0 Å². The van der Waals surface area contributed by atoms with E-state index in [0.29, 0.717) is 6.54 Å². The Morgan fingerprint density at radius 3 is 2.12 bits per heavy atom. The van der Waals surface area contributed by atoms with Crippen LogP contribution >= 0.6 is 0 Å². The van der Waals surface area contributed by atoms with Gasteiger partial charge in [0, 0.05) is 12.4 Å². The molecular weight excluding hydrogens is 298 g/mol. The first-order chi connectivity index (χ1) is 11.9. The van der Waals surface area contributed by atoms with Crippen LogP contribution in [0.1, 0.15) is 22.9 Å². The van der Waals surface area contributed by atoms with Crippen LogP contribution < -0.4 is 0 Å². The minimum atomic E-state index is 0.0106. The summed E-state index contributed by atoms with van der Waals surface area (Å²) in [5.41, 5.74) is 3.27. The first-order valence-corrected chi connectivity index (χ1v) is 7.86. The standard InChI is InChI=1S/C19H17N5/c1-3-7-16(8-4-1)19(17-9-5-2-6-10-17)24-14-18(21-22-24)13-23-12-11-20-15-23/h1-12,14-15,19H,13H2. The maximum Gasteiger partial charge on any atom is 0.104 e. The van der Waals surface area contributed by atoms with Crippen LogP contribution in [-0.2, 0) is 6.54 Å². The Hall–Kier alpha value is -3.21. The summed E-state index contributed by atoms with van der Waals surface area (Å²) >= 11 is 0. The van der Waals surface area contributed by atoms with Gasteiger partial charge in [-0.1, -0.05) is 65.9 Å². The van der Waals surface area contributed by atoms with Gasteiger partial charge in [-0.15, -0.1) is 5.10 Å². The van der Waals surface area contributed by atoms with E-state index < -0.39 is 0 Å². The molecular formula is C19H17N5. The molecule has 0 aliphatic rings. The number of nitrogens with zero attached hydrogens (tertiary/aromatic N) is 5. The van der Waals surface area contributed by atoms with Crippen LogP contribution in [0.4, 0.5) is 0 Å². The molecule has 2 aromatic heterocycles. The van der Waals surface area contributed by atoms with E-state index in [2.05, 4.69) is 63.8 Å². The molecule has 0 saturated carbocycles. The molecule has 4 rings (SSSR count). The predicted molar refractivity (Wildman–Crippen MR) is 91.5 cm³/mol. The SMILES string of the molecule is c1ccc(C(c2ccccc2)n2cc(Cn3ccnc3)nn2)cc1. The molecule has 0 radical (unpaired) electrons. The number of imidazole rings is 1. The monoisotopic (exact) mass is 315 g/mol. The molecule has 2 heterocycles. The minimum absolute atomic E-state index is 0.0106. The average Bonchev–Trinajstić information content (AvgIpc) is 3.30. The highest BCUT2D eigenvalue weighted by Gasteiger charge is 2.17. The zero-order chi connectivity index (χ0) is 16.2. The van der Waals surface area contributed by atoms with Crippen LogP contribution in [0.15, 0.2) is 85.6 Å². The number of aromatic nitrogens is 5. The van der Waals surface area contributed by atoms with Gasteiger partial charge in [-0.3, -0.25) is 0 Å². The topological polar surface area (TPSA) is 48.5 Å². The summed E-state index contributed by atoms with van der Waals surface area (Å²) in [5, 5.41) is 8.71. The second-order valence-electron chi connectivity index (χ2n) is 5.65. The van der Waals surface area contributed by atoms with Gasteiger partial charge in [0.15, 0.2) is 0 Å². The summed E-state index contributed by atoms with van der Waals surface area (Å²) in [6.45, 7) is 0.663. The average molecular weight is 315 g/mol. The Balaban J connectivity index is 1.70. The molecule has 5 nitrogen and oxygen atoms in total. The molecule has 0 atom stereocenters. The van der Waals surface area contributed by atoms with Crippen LogP contribution in [0.25, 0.3) is 0 Å². The van der Waals surface area contributed by atoms with Gasteiger partial charge in [0.1, 0.15) is 11.7 Å². The Labute approximate surface area is 140 Å². The molecule has 5 heteroatoms. The largest absolute Gasteiger partial charge is 0.331 e. The number of benzene rings is 2. The molecule has 0 spiro atoms. The summed E-state index contributed by atoms with van der Waals surface area (Å²) < 4.78 is 3.91. The fourth-order valence-corrected chi connectivity index (χ4v) is 2.85. The molecule has 2 aromatic carbocycles. The Morgan fingerprint density at radius 2 is 1.54 bits per heavy atom. The van der Waals surface area contributed by atoms with Crippen molar-refractivity contribution in [3.63, 3.8) is 0 Å². The zero-order valence-corrected chi connectivity index (χ0v) is 13.1. The van der Waals surface area contributed by atoms with E-state index in [1.807, 2.05) is 33.8 Å². The molecule has 0 aliphatic carbocycles. The fraction of sp³-hybridized carbons (Fsp3) is 0.105. The third-order valence-electron chi connectivity index (χ3n) is 3.96. The lowest BCUT2D eigenvalue weighted by Gasteiger charge is -2.17. The van der Waals surface area contributed by atoms with Gasteiger partial charge in [0.25, 0.3) is 0 Å². The number of hydrogen-bond acceptors (Lipinski definition) is 3. The van der Waals surface area contributed by atoms with Crippen LogP contribution in [0.2, 0.25) is 0 Å². The van der Waals surface area contributed by atoms with Gasteiger partial charge in [0.2, 0.25) is 0 Å². The first kappa shape index (κ1) is 14.4. The van der Waals surface area contributed by atoms with Gasteiger partial charge in [-0.25, -0.2) is 9.67 Å². The van der Waals surface area contributed by atoms with Gasteiger partial charge in [-0.05, 0) is 11.1 Å². The lowest BCUT2D eigenvalue weighted by molar-refractivity contribution is 0.571. The predicted octanol–water partition coefficient (Wildman–Crippen LogP) is 3.16. The van der Waals surface area contributed by atoms with E-state index in [1.54, 1.807) is 12.5 Å². The van der Waals surface area contributed by atoms with E-state index in [0.717, 1.165) is 5.69 Å². The second-order valence-corrected chi connectivity index (χ2v) is 5.65. The summed E-state index contributed by atoms with van der Waals surface area (Å²) in [6.07, 6.45) is 7.47. The third-order valence-corrected chi connectivity index (χ3v) is 3.96. The highest BCUT2D eigenvalue weighted by molar-refractivity contribution is 5.32. The fourth-order valence-electron chi connectivity index (χ4n) is 2.85. The summed E-state index contributed by atoms with van der Waals surface area (Å²) in [6, 6.07) is 20.7. The van der Waals surface area contributed by atoms with Crippen molar-refractivity contribution in [2.75, 3.05) is 0 Å². The van der Waals surface area contributed by atoms with Crippen molar-refractivity contribution in [1.82, 2.24) is 24.5 Å². The minimum Gasteiger partial charge on any atom is -0.331 e. The Kier molecular flexibility index (Phi) is 3.90. The number of rotatable bonds is 5. The molecule has 4 aromatic rings. The molecule has 0 saturated heterocycles. The lowest BCUT2D eigenvalue weighted by Crippen LogP contribution is -2.13. The van der Waals surface area contributed by atoms with Crippen molar-refractivity contribution in [3.8, 4) is 0 Å². The smallest absolute Gasteiger partial charge is 0.104 e. The maximum absolute atomic E-state index is 4.38. The van der Waals surface area contributed by atoms with Crippen LogP contribution in [0.5, 0.6) is 0 Å². The molecule has 0 bridgehead atoms. The van der Waals surface area contributed by atoms with Gasteiger partial charge >= 0.3 is 0 Å². The van der Waals surface area contributed by atoms with E-state index in [1.165, 1.54) is 11.1 Å². The van der Waals surface area contributed by atoms with Gasteiger partial charge < -0.3 is 4.57 Å². The lowest BCUT2D eigenvalue weighted by atomic mass is 9.99. The number of hydrogen-bond donors (Lipinski definition) is 0. The van der Waals surface area contributed by atoms with Gasteiger partial charge in [0.05, 0.1) is 19.1 Å².